The van der Waals surface area contributed by atoms with E-state index in [9.17, 15) is 0 Å². The molecule has 1 heterocycles. The first-order valence-corrected chi connectivity index (χ1v) is 8.08. The van der Waals surface area contributed by atoms with Gasteiger partial charge < -0.3 is 4.74 Å². The molecular formula is C14H30B3OP. The van der Waals surface area contributed by atoms with E-state index in [1.165, 1.54) is 24.2 Å². The molecule has 19 heavy (non-hydrogen) atoms. The van der Waals surface area contributed by atoms with Crippen molar-refractivity contribution in [3.8, 4) is 0 Å². The molecule has 5 heteroatoms. The van der Waals surface area contributed by atoms with Gasteiger partial charge in [0.2, 0.25) is 0 Å². The highest BCUT2D eigenvalue weighted by Gasteiger charge is 2.54. The van der Waals surface area contributed by atoms with Crippen molar-refractivity contribution in [2.45, 2.75) is 64.8 Å². The smallest absolute Gasteiger partial charge is 0.147 e. The zero-order chi connectivity index (χ0) is 15.3. The van der Waals surface area contributed by atoms with E-state index in [1.807, 2.05) is 0 Å². The Bertz CT molecular complexity index is 392. The molecule has 1 aliphatic heterocycles. The first kappa shape index (κ1) is 17.2. The topological polar surface area (TPSA) is 9.23 Å². The maximum Gasteiger partial charge on any atom is 0.147 e. The van der Waals surface area contributed by atoms with Crippen molar-refractivity contribution in [1.82, 2.24) is 0 Å². The second kappa shape index (κ2) is 4.87. The molecule has 0 radical (unpaired) electrons. The van der Waals surface area contributed by atoms with E-state index in [0.29, 0.717) is 0 Å². The first-order valence-electron chi connectivity index (χ1n) is 7.51. The largest absolute Gasteiger partial charge is 0.509 e. The van der Waals surface area contributed by atoms with Crippen LogP contribution in [0.15, 0.2) is 11.3 Å². The maximum atomic E-state index is 6.48. The van der Waals surface area contributed by atoms with Crippen molar-refractivity contribution in [1.29, 1.82) is 0 Å². The van der Waals surface area contributed by atoms with E-state index in [0.717, 1.165) is 0 Å². The summed E-state index contributed by atoms with van der Waals surface area (Å²) in [6.07, 6.45) is 2.35. The molecule has 0 fully saturated rings. The molecule has 0 aliphatic carbocycles. The van der Waals surface area contributed by atoms with Crippen LogP contribution in [0.5, 0.6) is 0 Å². The summed E-state index contributed by atoms with van der Waals surface area (Å²) < 4.78 is 6.48. The molecule has 0 bridgehead atoms. The zero-order valence-electron chi connectivity index (χ0n) is 14.4. The Balaban J connectivity index is 3.46. The zero-order valence-corrected chi connectivity index (χ0v) is 15.6. The van der Waals surface area contributed by atoms with Gasteiger partial charge >= 0.3 is 0 Å². The molecule has 0 saturated carbocycles. The molecule has 0 saturated heterocycles. The van der Waals surface area contributed by atoms with Crippen molar-refractivity contribution in [3.05, 3.63) is 11.3 Å². The molecule has 106 valence electrons. The van der Waals surface area contributed by atoms with Crippen LogP contribution in [0, 0.1) is 10.8 Å². The van der Waals surface area contributed by atoms with Gasteiger partial charge in [0, 0.05) is 15.9 Å². The Morgan fingerprint density at radius 3 is 1.95 bits per heavy atom. The van der Waals surface area contributed by atoms with E-state index in [4.69, 9.17) is 4.74 Å². The summed E-state index contributed by atoms with van der Waals surface area (Å²) in [7, 11) is 9.78. The number of allylic oxidation sites excluding steroid dienone is 1. The Hall–Kier alpha value is 0.165. The maximum absolute atomic E-state index is 6.48. The van der Waals surface area contributed by atoms with E-state index < -0.39 is 0 Å². The van der Waals surface area contributed by atoms with Gasteiger partial charge in [-0.3, -0.25) is 0 Å². The van der Waals surface area contributed by atoms with Crippen LogP contribution in [0.1, 0.15) is 54.4 Å². The fraction of sp³-hybridized carbons (Fsp3) is 0.857. The molecule has 0 aromatic heterocycles. The normalized spacial score (nSPS) is 27.5. The molecule has 0 aromatic rings. The molecular weight excluding hydrogens is 248 g/mol. The summed E-state index contributed by atoms with van der Waals surface area (Å²) in [5.74, 6) is 1.23. The van der Waals surface area contributed by atoms with E-state index in [-0.39, 0.29) is 21.3 Å². The monoisotopic (exact) mass is 278 g/mol. The van der Waals surface area contributed by atoms with Gasteiger partial charge in [0.1, 0.15) is 29.3 Å². The minimum atomic E-state index is -0.166. The van der Waals surface area contributed by atoms with Gasteiger partial charge in [-0.05, 0) is 17.4 Å². The predicted octanol–water partition coefficient (Wildman–Crippen LogP) is 1.27. The Kier molecular flexibility index (Phi) is 4.41. The molecule has 0 amide bonds. The van der Waals surface area contributed by atoms with Crippen LogP contribution < -0.4 is 0 Å². The number of rotatable bonds is 3. The summed E-state index contributed by atoms with van der Waals surface area (Å²) in [6.45, 7) is 13.8. The Morgan fingerprint density at radius 2 is 1.58 bits per heavy atom. The fourth-order valence-corrected chi connectivity index (χ4v) is 3.91. The van der Waals surface area contributed by atoms with Gasteiger partial charge in [0.15, 0.2) is 0 Å². The van der Waals surface area contributed by atoms with Gasteiger partial charge in [-0.15, -0.1) is 9.24 Å². The molecule has 1 nitrogen and oxygen atoms in total. The van der Waals surface area contributed by atoms with Crippen molar-refractivity contribution in [2.24, 2.45) is 10.8 Å². The van der Waals surface area contributed by atoms with Crippen LogP contribution in [0.3, 0.4) is 0 Å². The average Bonchev–Trinajstić information content (AvgIpc) is 2.32. The Labute approximate surface area is 125 Å². The molecule has 2 atom stereocenters. The highest BCUT2D eigenvalue weighted by Crippen LogP contribution is 2.55. The highest BCUT2D eigenvalue weighted by molar-refractivity contribution is 7.24. The van der Waals surface area contributed by atoms with Crippen LogP contribution in [-0.4, -0.2) is 34.0 Å². The number of hydrogen-bond donors (Lipinski definition) is 0. The third-order valence-corrected chi connectivity index (χ3v) is 5.58. The van der Waals surface area contributed by atoms with Crippen LogP contribution in [0.4, 0.5) is 0 Å². The fourth-order valence-electron chi connectivity index (χ4n) is 3.28. The lowest BCUT2D eigenvalue weighted by molar-refractivity contribution is 0.112. The molecule has 1 aliphatic rings. The molecule has 2 unspecified atom stereocenters. The summed E-state index contributed by atoms with van der Waals surface area (Å²) in [4.78, 5) is 0. The standard InChI is InChI=1S/C14H30B3OP/c1-7-8-12(5,6)10-9(11(2,3)4)13(15,19)14(16,17)18-10/h7-8,15-17,19H2,1-6H3. The van der Waals surface area contributed by atoms with Gasteiger partial charge in [0.05, 0.1) is 0 Å². The van der Waals surface area contributed by atoms with Crippen molar-refractivity contribution >= 4 is 32.8 Å². The molecule has 0 N–H and O–H groups in total. The first-order chi connectivity index (χ1) is 8.27. The van der Waals surface area contributed by atoms with E-state index >= 15 is 0 Å². The molecule has 0 spiro atoms. The highest BCUT2D eigenvalue weighted by atomic mass is 31.0. The second-order valence-corrected chi connectivity index (χ2v) is 9.56. The van der Waals surface area contributed by atoms with E-state index in [2.05, 4.69) is 74.3 Å². The summed E-state index contributed by atoms with van der Waals surface area (Å²) in [5.41, 5.74) is 1.71. The second-order valence-electron chi connectivity index (χ2n) is 8.40. The van der Waals surface area contributed by atoms with Crippen molar-refractivity contribution in [3.63, 3.8) is 0 Å². The van der Waals surface area contributed by atoms with Crippen LogP contribution >= 0.6 is 9.24 Å². The summed E-state index contributed by atoms with van der Waals surface area (Å²) in [6, 6.07) is 0. The molecule has 1 rings (SSSR count). The minimum Gasteiger partial charge on any atom is -0.509 e. The predicted molar refractivity (Wildman–Crippen MR) is 97.1 cm³/mol. The number of ether oxygens (including phenoxy) is 1. The lowest BCUT2D eigenvalue weighted by atomic mass is 9.48. The third-order valence-electron chi connectivity index (χ3n) is 4.59. The SMILES string of the molecule is BC1(B)OC(C(C)(C)CCC)=C(C(C)(C)C)C1(B)P. The lowest BCUT2D eigenvalue weighted by Gasteiger charge is -2.40. The van der Waals surface area contributed by atoms with Gasteiger partial charge in [-0.25, -0.2) is 0 Å². The van der Waals surface area contributed by atoms with Gasteiger partial charge in [0.25, 0.3) is 0 Å². The van der Waals surface area contributed by atoms with Gasteiger partial charge in [-0.2, -0.15) is 0 Å². The van der Waals surface area contributed by atoms with Gasteiger partial charge in [-0.1, -0.05) is 48.0 Å². The third kappa shape index (κ3) is 2.94. The number of hydrogen-bond acceptors (Lipinski definition) is 1. The van der Waals surface area contributed by atoms with Crippen LogP contribution in [-0.2, 0) is 4.74 Å². The van der Waals surface area contributed by atoms with Crippen LogP contribution in [0.2, 0.25) is 0 Å². The quantitative estimate of drug-likeness (QED) is 0.558. The summed E-state index contributed by atoms with van der Waals surface area (Å²) >= 11 is 0. The Morgan fingerprint density at radius 1 is 1.11 bits per heavy atom. The molecule has 0 aromatic carbocycles. The van der Waals surface area contributed by atoms with Crippen molar-refractivity contribution < 1.29 is 4.74 Å². The average molecular weight is 278 g/mol. The van der Waals surface area contributed by atoms with Crippen LogP contribution in [0.25, 0.3) is 0 Å². The van der Waals surface area contributed by atoms with Crippen molar-refractivity contribution in [2.75, 3.05) is 0 Å². The van der Waals surface area contributed by atoms with E-state index in [1.54, 1.807) is 0 Å². The minimum absolute atomic E-state index is 0.00834. The summed E-state index contributed by atoms with van der Waals surface area (Å²) in [5, 5.41) is -0.174. The lowest BCUT2D eigenvalue weighted by Crippen LogP contribution is -2.52.